The first kappa shape index (κ1) is 24.8. The highest BCUT2D eigenvalue weighted by atomic mass is 79.9. The Morgan fingerprint density at radius 2 is 1.97 bits per heavy atom. The first-order valence-electron chi connectivity index (χ1n) is 11.8. The van der Waals surface area contributed by atoms with Crippen molar-refractivity contribution in [3.63, 3.8) is 0 Å². The van der Waals surface area contributed by atoms with Crippen LogP contribution < -0.4 is 16.0 Å². The SMILES string of the molecule is Cn1c(Nc2cc(CNC3(C)CCCO3)ccc2Cl)nc2cc(C(=O)Nc3ccc(Br)cc3)ccc21. The molecular weight excluding hydrogens is 542 g/mol. The van der Waals surface area contributed by atoms with Gasteiger partial charge in [-0.25, -0.2) is 4.98 Å². The van der Waals surface area contributed by atoms with Gasteiger partial charge in [0.05, 0.1) is 21.7 Å². The molecule has 1 aromatic heterocycles. The molecule has 1 fully saturated rings. The van der Waals surface area contributed by atoms with Gasteiger partial charge in [-0.15, -0.1) is 0 Å². The van der Waals surface area contributed by atoms with Crippen LogP contribution in [0, 0.1) is 0 Å². The summed E-state index contributed by atoms with van der Waals surface area (Å²) in [6.07, 6.45) is 2.06. The molecule has 1 unspecified atom stereocenters. The van der Waals surface area contributed by atoms with Crippen LogP contribution in [0.1, 0.15) is 35.7 Å². The number of halogens is 2. The van der Waals surface area contributed by atoms with Crippen LogP contribution in [0.25, 0.3) is 11.0 Å². The number of aryl methyl sites for hydroxylation is 1. The summed E-state index contributed by atoms with van der Waals surface area (Å²) < 4.78 is 8.73. The quantitative estimate of drug-likeness (QED) is 0.234. The molecule has 0 radical (unpaired) electrons. The van der Waals surface area contributed by atoms with Gasteiger partial charge in [0, 0.05) is 35.9 Å². The van der Waals surface area contributed by atoms with Gasteiger partial charge >= 0.3 is 0 Å². The number of fused-ring (bicyclic) bond motifs is 1. The van der Waals surface area contributed by atoms with Crippen molar-refractivity contribution in [1.82, 2.24) is 14.9 Å². The predicted molar refractivity (Wildman–Crippen MR) is 148 cm³/mol. The van der Waals surface area contributed by atoms with Crippen molar-refractivity contribution >= 4 is 61.8 Å². The van der Waals surface area contributed by atoms with E-state index < -0.39 is 0 Å². The van der Waals surface area contributed by atoms with Gasteiger partial charge in [0.1, 0.15) is 5.72 Å². The van der Waals surface area contributed by atoms with E-state index in [2.05, 4.69) is 38.8 Å². The third kappa shape index (κ3) is 5.42. The normalized spacial score (nSPS) is 17.4. The van der Waals surface area contributed by atoms with Crippen molar-refractivity contribution in [1.29, 1.82) is 0 Å². The fourth-order valence-corrected chi connectivity index (χ4v) is 4.72. The van der Waals surface area contributed by atoms with E-state index in [1.165, 1.54) is 0 Å². The van der Waals surface area contributed by atoms with Crippen LogP contribution >= 0.6 is 27.5 Å². The van der Waals surface area contributed by atoms with Crippen LogP contribution in [0.5, 0.6) is 0 Å². The number of anilines is 3. The molecule has 0 aliphatic carbocycles. The second-order valence-electron chi connectivity index (χ2n) is 9.13. The van der Waals surface area contributed by atoms with Crippen molar-refractivity contribution in [3.05, 3.63) is 81.3 Å². The van der Waals surface area contributed by atoms with Gasteiger partial charge in [0.15, 0.2) is 0 Å². The number of carbonyl (C=O) groups is 1. The summed E-state index contributed by atoms with van der Waals surface area (Å²) in [6.45, 7) is 3.54. The topological polar surface area (TPSA) is 80.2 Å². The maximum atomic E-state index is 12.8. The average molecular weight is 569 g/mol. The Bertz CT molecular complexity index is 1410. The first-order chi connectivity index (χ1) is 17.3. The van der Waals surface area contributed by atoms with Crippen LogP contribution in [-0.2, 0) is 18.3 Å². The number of nitrogens with one attached hydrogen (secondary N) is 3. The molecule has 36 heavy (non-hydrogen) atoms. The summed E-state index contributed by atoms with van der Waals surface area (Å²) in [5, 5.41) is 10.4. The van der Waals surface area contributed by atoms with E-state index in [0.717, 1.165) is 46.4 Å². The maximum Gasteiger partial charge on any atom is 0.255 e. The Morgan fingerprint density at radius 3 is 2.72 bits per heavy atom. The van der Waals surface area contributed by atoms with Gasteiger partial charge in [-0.1, -0.05) is 33.6 Å². The number of imidazole rings is 1. The Kier molecular flexibility index (Phi) is 7.03. The largest absolute Gasteiger partial charge is 0.361 e. The highest BCUT2D eigenvalue weighted by Gasteiger charge is 2.28. The van der Waals surface area contributed by atoms with E-state index in [4.69, 9.17) is 21.3 Å². The molecule has 0 saturated carbocycles. The standard InChI is InChI=1S/C27H27BrClN5O2/c1-27(12-3-13-36-27)30-16-17-4-10-21(29)22(14-17)32-26-33-23-15-18(5-11-24(23)34(26)2)25(35)31-20-8-6-19(28)7-9-20/h4-11,14-15,30H,3,12-13,16H2,1-2H3,(H,31,35)(H,32,33). The van der Waals surface area contributed by atoms with Crippen molar-refractivity contribution in [2.75, 3.05) is 17.2 Å². The van der Waals surface area contributed by atoms with Crippen molar-refractivity contribution < 1.29 is 9.53 Å². The molecule has 2 heterocycles. The molecule has 0 bridgehead atoms. The lowest BCUT2D eigenvalue weighted by Gasteiger charge is -2.25. The summed E-state index contributed by atoms with van der Waals surface area (Å²) in [4.78, 5) is 17.5. The number of nitrogens with zero attached hydrogens (tertiary/aromatic N) is 2. The number of aromatic nitrogens is 2. The number of hydrogen-bond acceptors (Lipinski definition) is 5. The second kappa shape index (κ2) is 10.2. The lowest BCUT2D eigenvalue weighted by Crippen LogP contribution is -2.40. The van der Waals surface area contributed by atoms with Gasteiger partial charge in [-0.3, -0.25) is 10.1 Å². The van der Waals surface area contributed by atoms with E-state index >= 15 is 0 Å². The Hall–Kier alpha value is -2.91. The lowest BCUT2D eigenvalue weighted by molar-refractivity contribution is -0.0102. The van der Waals surface area contributed by atoms with Gasteiger partial charge in [0.2, 0.25) is 5.95 Å². The molecule has 7 nitrogen and oxygen atoms in total. The summed E-state index contributed by atoms with van der Waals surface area (Å²) in [6, 6.07) is 18.8. The Morgan fingerprint density at radius 1 is 1.17 bits per heavy atom. The maximum absolute atomic E-state index is 12.8. The molecule has 3 N–H and O–H groups in total. The zero-order chi connectivity index (χ0) is 25.3. The van der Waals surface area contributed by atoms with E-state index in [0.29, 0.717) is 28.6 Å². The van der Waals surface area contributed by atoms with Crippen molar-refractivity contribution in [3.8, 4) is 0 Å². The van der Waals surface area contributed by atoms with Gasteiger partial charge in [0.25, 0.3) is 5.91 Å². The fourth-order valence-electron chi connectivity index (χ4n) is 4.30. The number of hydrogen-bond donors (Lipinski definition) is 3. The fraction of sp³-hybridized carbons (Fsp3) is 0.259. The monoisotopic (exact) mass is 567 g/mol. The van der Waals surface area contributed by atoms with Gasteiger partial charge in [-0.2, -0.15) is 0 Å². The number of rotatable bonds is 7. The molecule has 1 aliphatic heterocycles. The van der Waals surface area contributed by atoms with E-state index in [1.54, 1.807) is 12.1 Å². The molecular formula is C27H27BrClN5O2. The molecule has 1 aliphatic rings. The smallest absolute Gasteiger partial charge is 0.255 e. The molecule has 186 valence electrons. The zero-order valence-electron chi connectivity index (χ0n) is 20.1. The lowest BCUT2D eigenvalue weighted by atomic mass is 10.1. The molecule has 5 rings (SSSR count). The van der Waals surface area contributed by atoms with Crippen LogP contribution in [0.15, 0.2) is 65.1 Å². The highest BCUT2D eigenvalue weighted by Crippen LogP contribution is 2.29. The molecule has 0 spiro atoms. The van der Waals surface area contributed by atoms with E-state index in [9.17, 15) is 4.79 Å². The molecule has 1 amide bonds. The minimum atomic E-state index is -0.286. The summed E-state index contributed by atoms with van der Waals surface area (Å²) in [5.41, 5.74) is 4.44. The molecule has 1 atom stereocenters. The predicted octanol–water partition coefficient (Wildman–Crippen LogP) is 6.60. The summed E-state index contributed by atoms with van der Waals surface area (Å²) >= 11 is 9.91. The van der Waals surface area contributed by atoms with Crippen LogP contribution in [0.2, 0.25) is 5.02 Å². The van der Waals surface area contributed by atoms with Crippen LogP contribution in [-0.4, -0.2) is 27.8 Å². The van der Waals surface area contributed by atoms with Gasteiger partial charge in [-0.05, 0) is 79.9 Å². The molecule has 3 aromatic carbocycles. The third-order valence-corrected chi connectivity index (χ3v) is 7.27. The number of carbonyl (C=O) groups excluding carboxylic acids is 1. The second-order valence-corrected chi connectivity index (χ2v) is 10.5. The minimum absolute atomic E-state index is 0.192. The van der Waals surface area contributed by atoms with Crippen LogP contribution in [0.4, 0.5) is 17.3 Å². The number of amides is 1. The molecule has 4 aromatic rings. The summed E-state index contributed by atoms with van der Waals surface area (Å²) in [5.74, 6) is 0.441. The highest BCUT2D eigenvalue weighted by molar-refractivity contribution is 9.10. The van der Waals surface area contributed by atoms with E-state index in [-0.39, 0.29) is 11.6 Å². The molecule has 1 saturated heterocycles. The van der Waals surface area contributed by atoms with Crippen LogP contribution in [0.3, 0.4) is 0 Å². The van der Waals surface area contributed by atoms with Crippen molar-refractivity contribution in [2.24, 2.45) is 7.05 Å². The average Bonchev–Trinajstić information content (AvgIpc) is 3.44. The number of benzene rings is 3. The summed E-state index contributed by atoms with van der Waals surface area (Å²) in [7, 11) is 1.93. The zero-order valence-corrected chi connectivity index (χ0v) is 22.4. The number of ether oxygens (including phenoxy) is 1. The minimum Gasteiger partial charge on any atom is -0.361 e. The Balaban J connectivity index is 1.33. The van der Waals surface area contributed by atoms with Gasteiger partial charge < -0.3 is 19.9 Å². The Labute approximate surface area is 223 Å². The van der Waals surface area contributed by atoms with E-state index in [1.807, 2.05) is 60.1 Å². The van der Waals surface area contributed by atoms with Crippen molar-refractivity contribution in [2.45, 2.75) is 32.0 Å². The first-order valence-corrected chi connectivity index (χ1v) is 12.9. The molecule has 9 heteroatoms. The third-order valence-electron chi connectivity index (χ3n) is 6.41.